The summed E-state index contributed by atoms with van der Waals surface area (Å²) in [6, 6.07) is 18.0. The zero-order valence-electron chi connectivity index (χ0n) is 8.95. The van der Waals surface area contributed by atoms with Crippen molar-refractivity contribution in [2.24, 2.45) is 0 Å². The van der Waals surface area contributed by atoms with E-state index in [1.807, 2.05) is 61.5 Å². The van der Waals surface area contributed by atoms with Crippen molar-refractivity contribution >= 4 is 39.1 Å². The molecule has 0 atom stereocenters. The van der Waals surface area contributed by atoms with Gasteiger partial charge in [-0.15, -0.1) is 0 Å². The molecule has 0 aliphatic carbocycles. The predicted molar refractivity (Wildman–Crippen MR) is 76.9 cm³/mol. The third-order valence-electron chi connectivity index (χ3n) is 2.62. The quantitative estimate of drug-likeness (QED) is 0.724. The minimum atomic E-state index is -2.56. The van der Waals surface area contributed by atoms with Crippen LogP contribution in [0.2, 0.25) is 0 Å². The molecule has 0 radical (unpaired) electrons. The van der Waals surface area contributed by atoms with E-state index in [0.29, 0.717) is 0 Å². The molecule has 2 rings (SSSR count). The molecule has 0 heterocycles. The molecule has 0 amide bonds. The predicted octanol–water partition coefficient (Wildman–Crippen LogP) is 4.00. The van der Waals surface area contributed by atoms with Crippen molar-refractivity contribution in [3.05, 3.63) is 60.2 Å². The topological polar surface area (TPSA) is 0 Å². The summed E-state index contributed by atoms with van der Waals surface area (Å²) in [5.41, 5.74) is 1.16. The van der Waals surface area contributed by atoms with E-state index < -0.39 is 5.97 Å². The molecule has 0 nitrogen and oxygen atoms in total. The summed E-state index contributed by atoms with van der Waals surface area (Å²) in [7, 11) is 0. The molecule has 0 aliphatic heterocycles. The monoisotopic (exact) mass is 270 g/mol. The molecule has 0 unspecified atom stereocenters. The molecule has 0 bridgehead atoms. The first-order valence-electron chi connectivity index (χ1n) is 5.12. The van der Waals surface area contributed by atoms with Crippen molar-refractivity contribution in [1.82, 2.24) is 0 Å². The van der Waals surface area contributed by atoms with E-state index in [1.165, 1.54) is 0 Å². The number of aryl methyl sites for hydroxylation is 1. The van der Waals surface area contributed by atoms with Crippen molar-refractivity contribution in [2.75, 3.05) is 0 Å². The fourth-order valence-electron chi connectivity index (χ4n) is 1.73. The molecule has 2 aromatic carbocycles. The van der Waals surface area contributed by atoms with Gasteiger partial charge < -0.3 is 0 Å². The van der Waals surface area contributed by atoms with Crippen molar-refractivity contribution in [3.8, 4) is 0 Å². The Bertz CT molecular complexity index is 480. The number of hydrogen-bond donors (Lipinski definition) is 0. The summed E-state index contributed by atoms with van der Waals surface area (Å²) in [4.78, 5) is 0. The Labute approximate surface area is 106 Å². The second kappa shape index (κ2) is 4.75. The Morgan fingerprint density at radius 2 is 1.38 bits per heavy atom. The van der Waals surface area contributed by atoms with Gasteiger partial charge in [-0.1, -0.05) is 0 Å². The van der Waals surface area contributed by atoms with Gasteiger partial charge in [-0.3, -0.25) is 0 Å². The van der Waals surface area contributed by atoms with Gasteiger partial charge in [-0.25, -0.2) is 0 Å². The van der Waals surface area contributed by atoms with Crippen LogP contribution in [0.4, 0.5) is 0 Å². The Hall–Kier alpha value is -0.550. The van der Waals surface area contributed by atoms with Crippen LogP contribution in [-0.2, 0) is 0 Å². The maximum atomic E-state index is 6.60. The first kappa shape index (κ1) is 11.9. The Morgan fingerprint density at radius 1 is 0.812 bits per heavy atom. The zero-order valence-corrected chi connectivity index (χ0v) is 11.5. The third-order valence-corrected chi connectivity index (χ3v) is 7.45. The first-order valence-corrected chi connectivity index (χ1v) is 9.14. The molecule has 3 heteroatoms. The zero-order chi connectivity index (χ0) is 11.6. The summed E-state index contributed by atoms with van der Waals surface area (Å²) in [6.45, 7) is 2.05. The van der Waals surface area contributed by atoms with Gasteiger partial charge in [-0.2, -0.15) is 0 Å². The molecule has 0 aliphatic rings. The second-order valence-corrected chi connectivity index (χ2v) is 10.0. The molecule has 0 saturated heterocycles. The first-order chi connectivity index (χ1) is 7.62. The van der Waals surface area contributed by atoms with E-state index in [2.05, 4.69) is 0 Å². The summed E-state index contributed by atoms with van der Waals surface area (Å²) >= 11 is 13.2. The van der Waals surface area contributed by atoms with E-state index in [-0.39, 0.29) is 0 Å². The molecule has 16 heavy (non-hydrogen) atoms. The van der Waals surface area contributed by atoms with E-state index in [4.69, 9.17) is 22.5 Å². The summed E-state index contributed by atoms with van der Waals surface area (Å²) in [6.07, 6.45) is 0. The van der Waals surface area contributed by atoms with E-state index in [1.54, 1.807) is 0 Å². The van der Waals surface area contributed by atoms with Crippen LogP contribution in [0, 0.1) is 6.92 Å². The van der Waals surface area contributed by atoms with Crippen LogP contribution in [0.15, 0.2) is 54.6 Å². The second-order valence-electron chi connectivity index (χ2n) is 3.76. The maximum absolute atomic E-state index is 6.60. The van der Waals surface area contributed by atoms with E-state index in [0.717, 1.165) is 16.2 Å². The molecular formula is C13H13Cl2P. The SMILES string of the molecule is Cc1ccccc1[PH](Cl)(Cl)c1ccccc1. The van der Waals surface area contributed by atoms with Gasteiger partial charge in [-0.05, 0) is 0 Å². The van der Waals surface area contributed by atoms with Crippen LogP contribution in [0.5, 0.6) is 0 Å². The van der Waals surface area contributed by atoms with Crippen molar-refractivity contribution in [2.45, 2.75) is 6.92 Å². The van der Waals surface area contributed by atoms with Crippen LogP contribution < -0.4 is 10.6 Å². The van der Waals surface area contributed by atoms with Gasteiger partial charge in [0.05, 0.1) is 0 Å². The molecule has 84 valence electrons. The third kappa shape index (κ3) is 2.25. The van der Waals surface area contributed by atoms with Crippen LogP contribution in [0.25, 0.3) is 0 Å². The number of halogens is 2. The van der Waals surface area contributed by atoms with Crippen LogP contribution >= 0.6 is 28.4 Å². The van der Waals surface area contributed by atoms with Crippen molar-refractivity contribution < 1.29 is 0 Å². The molecule has 0 spiro atoms. The summed E-state index contributed by atoms with van der Waals surface area (Å²) < 4.78 is 0. The van der Waals surface area contributed by atoms with Gasteiger partial charge in [0.1, 0.15) is 0 Å². The van der Waals surface area contributed by atoms with Gasteiger partial charge in [0.25, 0.3) is 0 Å². The summed E-state index contributed by atoms with van der Waals surface area (Å²) in [5.74, 6) is -2.56. The average Bonchev–Trinajstić information content (AvgIpc) is 2.30. The van der Waals surface area contributed by atoms with E-state index in [9.17, 15) is 0 Å². The molecule has 0 aromatic heterocycles. The van der Waals surface area contributed by atoms with Gasteiger partial charge in [0, 0.05) is 0 Å². The molecule has 0 N–H and O–H groups in total. The number of rotatable bonds is 2. The number of benzene rings is 2. The molecular weight excluding hydrogens is 258 g/mol. The standard InChI is InChI=1S/C13H13Cl2P/c1-11-7-5-6-10-13(11)16(14,15)12-8-3-2-4-9-12/h2-10,16H,1H3. The van der Waals surface area contributed by atoms with Gasteiger partial charge in [0.15, 0.2) is 0 Å². The van der Waals surface area contributed by atoms with Crippen LogP contribution in [0.1, 0.15) is 5.56 Å². The normalized spacial score (nSPS) is 12.4. The van der Waals surface area contributed by atoms with Crippen molar-refractivity contribution in [1.29, 1.82) is 0 Å². The Morgan fingerprint density at radius 3 is 2.00 bits per heavy atom. The van der Waals surface area contributed by atoms with Crippen LogP contribution in [-0.4, -0.2) is 0 Å². The van der Waals surface area contributed by atoms with Gasteiger partial charge in [0.2, 0.25) is 0 Å². The van der Waals surface area contributed by atoms with Crippen molar-refractivity contribution in [3.63, 3.8) is 0 Å². The molecule has 0 saturated carbocycles. The summed E-state index contributed by atoms with van der Waals surface area (Å²) in [5, 5.41) is 2.11. The van der Waals surface area contributed by atoms with Crippen LogP contribution in [0.3, 0.4) is 0 Å². The van der Waals surface area contributed by atoms with E-state index >= 15 is 0 Å². The minimum absolute atomic E-state index is 1.03. The Balaban J connectivity index is 2.51. The molecule has 2 aromatic rings. The van der Waals surface area contributed by atoms with Gasteiger partial charge >= 0.3 is 106 Å². The Kier molecular flexibility index (Phi) is 3.54. The molecule has 0 fully saturated rings. The fourth-order valence-corrected chi connectivity index (χ4v) is 5.56. The average molecular weight is 271 g/mol. The number of hydrogen-bond acceptors (Lipinski definition) is 0. The fraction of sp³-hybridized carbons (Fsp3) is 0.0769.